The lowest BCUT2D eigenvalue weighted by Gasteiger charge is -2.13. The molecule has 3 rings (SSSR count). The molecule has 0 aliphatic carbocycles. The number of hydrogen-bond acceptors (Lipinski definition) is 3. The standard InChI is InChI=1S/C23H23FN4O3/c1-15-3-10-19(11-4-15)26-23(31)27-20-12-5-16(2)28(22(20)30)14-21(29)25-13-17-6-8-18(24)9-7-17/h3-12H,13-14H2,1-2H3,(H,25,29)(H2,26,27,31). The summed E-state index contributed by atoms with van der Waals surface area (Å²) in [6.45, 7) is 3.64. The molecule has 1 aromatic heterocycles. The van der Waals surface area contributed by atoms with Crippen molar-refractivity contribution in [2.24, 2.45) is 0 Å². The Kier molecular flexibility index (Phi) is 6.81. The van der Waals surface area contributed by atoms with Gasteiger partial charge in [-0.1, -0.05) is 29.8 Å². The van der Waals surface area contributed by atoms with Crippen molar-refractivity contribution < 1.29 is 14.0 Å². The number of amides is 3. The molecule has 0 unspecified atom stereocenters. The normalized spacial score (nSPS) is 10.4. The van der Waals surface area contributed by atoms with E-state index in [1.807, 2.05) is 19.1 Å². The van der Waals surface area contributed by atoms with Crippen LogP contribution in [0.2, 0.25) is 0 Å². The van der Waals surface area contributed by atoms with Crippen LogP contribution in [-0.4, -0.2) is 16.5 Å². The number of hydrogen-bond donors (Lipinski definition) is 3. The quantitative estimate of drug-likeness (QED) is 0.567. The smallest absolute Gasteiger partial charge is 0.323 e. The Hall–Kier alpha value is -3.94. The number of benzene rings is 2. The summed E-state index contributed by atoms with van der Waals surface area (Å²) in [5.74, 6) is -0.733. The van der Waals surface area contributed by atoms with Crippen molar-refractivity contribution in [3.63, 3.8) is 0 Å². The summed E-state index contributed by atoms with van der Waals surface area (Å²) >= 11 is 0. The third-order valence-corrected chi connectivity index (χ3v) is 4.65. The van der Waals surface area contributed by atoms with Crippen LogP contribution in [0.5, 0.6) is 0 Å². The number of nitrogens with zero attached hydrogens (tertiary/aromatic N) is 1. The van der Waals surface area contributed by atoms with Crippen LogP contribution >= 0.6 is 0 Å². The molecular weight excluding hydrogens is 399 g/mol. The Balaban J connectivity index is 1.64. The first kappa shape index (κ1) is 21.8. The molecule has 0 saturated heterocycles. The molecule has 0 bridgehead atoms. The molecule has 0 aliphatic heterocycles. The van der Waals surface area contributed by atoms with Gasteiger partial charge in [0.1, 0.15) is 18.0 Å². The van der Waals surface area contributed by atoms with Gasteiger partial charge in [-0.2, -0.15) is 0 Å². The molecule has 31 heavy (non-hydrogen) atoms. The SMILES string of the molecule is Cc1ccc(NC(=O)Nc2ccc(C)n(CC(=O)NCc3ccc(F)cc3)c2=O)cc1. The predicted octanol–water partition coefficient (Wildman–Crippen LogP) is 3.56. The average molecular weight is 422 g/mol. The van der Waals surface area contributed by atoms with Gasteiger partial charge in [-0.15, -0.1) is 0 Å². The van der Waals surface area contributed by atoms with Crippen molar-refractivity contribution in [1.29, 1.82) is 0 Å². The van der Waals surface area contributed by atoms with Crippen LogP contribution in [0, 0.1) is 19.7 Å². The van der Waals surface area contributed by atoms with E-state index in [9.17, 15) is 18.8 Å². The first-order valence-corrected chi connectivity index (χ1v) is 9.68. The molecule has 8 heteroatoms. The number of nitrogens with one attached hydrogen (secondary N) is 3. The maximum atomic E-state index is 13.0. The minimum Gasteiger partial charge on any atom is -0.350 e. The molecule has 3 amide bonds. The fourth-order valence-corrected chi connectivity index (χ4v) is 2.89. The molecular formula is C23H23FN4O3. The average Bonchev–Trinajstić information content (AvgIpc) is 2.74. The van der Waals surface area contributed by atoms with Gasteiger partial charge >= 0.3 is 6.03 Å². The van der Waals surface area contributed by atoms with E-state index in [2.05, 4.69) is 16.0 Å². The molecule has 3 N–H and O–H groups in total. The lowest BCUT2D eigenvalue weighted by Crippen LogP contribution is -2.35. The highest BCUT2D eigenvalue weighted by atomic mass is 19.1. The van der Waals surface area contributed by atoms with Gasteiger partial charge in [0.05, 0.1) is 0 Å². The number of urea groups is 1. The summed E-state index contributed by atoms with van der Waals surface area (Å²) in [7, 11) is 0. The number of anilines is 2. The van der Waals surface area contributed by atoms with Crippen LogP contribution in [-0.2, 0) is 17.9 Å². The van der Waals surface area contributed by atoms with Crippen molar-refractivity contribution in [2.45, 2.75) is 26.9 Å². The second kappa shape index (κ2) is 9.71. The number of rotatable bonds is 6. The van der Waals surface area contributed by atoms with Gasteiger partial charge in [0, 0.05) is 17.9 Å². The number of halogens is 1. The third-order valence-electron chi connectivity index (χ3n) is 4.65. The predicted molar refractivity (Wildman–Crippen MR) is 118 cm³/mol. The summed E-state index contributed by atoms with van der Waals surface area (Å²) < 4.78 is 14.2. The van der Waals surface area contributed by atoms with Crippen molar-refractivity contribution >= 4 is 23.3 Å². The van der Waals surface area contributed by atoms with Crippen molar-refractivity contribution in [1.82, 2.24) is 9.88 Å². The van der Waals surface area contributed by atoms with Gasteiger partial charge in [0.2, 0.25) is 5.91 Å². The molecule has 7 nitrogen and oxygen atoms in total. The minimum atomic E-state index is -0.558. The Morgan fingerprint density at radius 1 is 0.903 bits per heavy atom. The van der Waals surface area contributed by atoms with Crippen LogP contribution in [0.1, 0.15) is 16.8 Å². The Labute approximate surface area is 178 Å². The van der Waals surface area contributed by atoms with Gasteiger partial charge in [-0.25, -0.2) is 9.18 Å². The molecule has 3 aromatic rings. The fraction of sp³-hybridized carbons (Fsp3) is 0.174. The van der Waals surface area contributed by atoms with Crippen molar-refractivity contribution in [3.8, 4) is 0 Å². The van der Waals surface area contributed by atoms with Crippen LogP contribution in [0.3, 0.4) is 0 Å². The molecule has 1 heterocycles. The number of aromatic nitrogens is 1. The second-order valence-corrected chi connectivity index (χ2v) is 7.13. The van der Waals surface area contributed by atoms with Gasteiger partial charge < -0.3 is 20.5 Å². The monoisotopic (exact) mass is 422 g/mol. The Morgan fingerprint density at radius 3 is 2.26 bits per heavy atom. The van der Waals surface area contributed by atoms with Crippen LogP contribution in [0.15, 0.2) is 65.5 Å². The third kappa shape index (κ3) is 6.02. The van der Waals surface area contributed by atoms with E-state index >= 15 is 0 Å². The molecule has 0 aliphatic rings. The molecule has 0 saturated carbocycles. The minimum absolute atomic E-state index is 0.0570. The van der Waals surface area contributed by atoms with E-state index in [1.165, 1.54) is 22.8 Å². The van der Waals surface area contributed by atoms with E-state index in [1.54, 1.807) is 37.3 Å². The lowest BCUT2D eigenvalue weighted by atomic mass is 10.2. The Bertz CT molecular complexity index is 1140. The zero-order valence-electron chi connectivity index (χ0n) is 17.2. The van der Waals surface area contributed by atoms with E-state index in [0.717, 1.165) is 11.1 Å². The summed E-state index contributed by atoms with van der Waals surface area (Å²) in [6.07, 6.45) is 0. The highest BCUT2D eigenvalue weighted by Gasteiger charge is 2.12. The second-order valence-electron chi connectivity index (χ2n) is 7.13. The molecule has 0 radical (unpaired) electrons. The van der Waals surface area contributed by atoms with Crippen LogP contribution in [0.4, 0.5) is 20.6 Å². The number of aryl methyl sites for hydroxylation is 2. The zero-order valence-corrected chi connectivity index (χ0v) is 17.2. The summed E-state index contributed by atoms with van der Waals surface area (Å²) in [5, 5.41) is 7.88. The fourth-order valence-electron chi connectivity index (χ4n) is 2.89. The van der Waals surface area contributed by atoms with Gasteiger partial charge in [0.25, 0.3) is 5.56 Å². The molecule has 2 aromatic carbocycles. The molecule has 0 fully saturated rings. The highest BCUT2D eigenvalue weighted by Crippen LogP contribution is 2.10. The van der Waals surface area contributed by atoms with E-state index in [4.69, 9.17) is 0 Å². The van der Waals surface area contributed by atoms with E-state index < -0.39 is 11.6 Å². The number of carbonyl (C=O) groups excluding carboxylic acids is 2. The van der Waals surface area contributed by atoms with Gasteiger partial charge in [-0.3, -0.25) is 9.59 Å². The van der Waals surface area contributed by atoms with E-state index in [0.29, 0.717) is 11.4 Å². The summed E-state index contributed by atoms with van der Waals surface area (Å²) in [5.41, 5.74) is 2.53. The molecule has 0 spiro atoms. The first-order valence-electron chi connectivity index (χ1n) is 9.68. The Morgan fingerprint density at radius 2 is 1.58 bits per heavy atom. The molecule has 0 atom stereocenters. The summed E-state index contributed by atoms with van der Waals surface area (Å²) in [4.78, 5) is 37.3. The van der Waals surface area contributed by atoms with Crippen LogP contribution in [0.25, 0.3) is 0 Å². The zero-order chi connectivity index (χ0) is 22.4. The first-order chi connectivity index (χ1) is 14.8. The molecule has 160 valence electrons. The maximum absolute atomic E-state index is 13.0. The largest absolute Gasteiger partial charge is 0.350 e. The van der Waals surface area contributed by atoms with Gasteiger partial charge in [0.15, 0.2) is 0 Å². The maximum Gasteiger partial charge on any atom is 0.323 e. The number of pyridine rings is 1. The van der Waals surface area contributed by atoms with Gasteiger partial charge in [-0.05, 0) is 55.8 Å². The van der Waals surface area contributed by atoms with Crippen molar-refractivity contribution in [3.05, 3.63) is 93.7 Å². The van der Waals surface area contributed by atoms with Crippen molar-refractivity contribution in [2.75, 3.05) is 10.6 Å². The van der Waals surface area contributed by atoms with E-state index in [-0.39, 0.29) is 30.5 Å². The highest BCUT2D eigenvalue weighted by molar-refractivity contribution is 5.99. The topological polar surface area (TPSA) is 92.2 Å². The number of carbonyl (C=O) groups is 2. The lowest BCUT2D eigenvalue weighted by molar-refractivity contribution is -0.121. The van der Waals surface area contributed by atoms with Crippen LogP contribution < -0.4 is 21.5 Å². The summed E-state index contributed by atoms with van der Waals surface area (Å²) in [6, 6.07) is 15.6.